The number of halogens is 1. The topological polar surface area (TPSA) is 49.5 Å². The molecule has 0 amide bonds. The Balaban J connectivity index is 1.89. The predicted molar refractivity (Wildman–Crippen MR) is 90.5 cm³/mol. The van der Waals surface area contributed by atoms with Gasteiger partial charge in [0.15, 0.2) is 0 Å². The summed E-state index contributed by atoms with van der Waals surface area (Å²) in [6.07, 6.45) is 9.11. The lowest BCUT2D eigenvalue weighted by Gasteiger charge is -2.31. The van der Waals surface area contributed by atoms with Crippen LogP contribution in [0.3, 0.4) is 0 Å². The van der Waals surface area contributed by atoms with Crippen molar-refractivity contribution >= 4 is 5.70 Å². The molecular formula is C19H25FN2O. The normalized spacial score (nSPS) is 24.7. The largest absolute Gasteiger partial charge is 0.403 e. The Hall–Kier alpha value is -1.81. The first-order valence-corrected chi connectivity index (χ1v) is 8.47. The molecule has 1 fully saturated rings. The Kier molecular flexibility index (Phi) is 4.71. The molecule has 1 aliphatic carbocycles. The van der Waals surface area contributed by atoms with Crippen LogP contribution in [0.1, 0.15) is 55.7 Å². The zero-order valence-electron chi connectivity index (χ0n) is 13.4. The first kappa shape index (κ1) is 16.1. The number of hydrogen-bond acceptors (Lipinski definition) is 3. The van der Waals surface area contributed by atoms with Crippen molar-refractivity contribution < 1.29 is 9.50 Å². The molecule has 0 aromatic heterocycles. The quantitative estimate of drug-likeness (QED) is 0.885. The van der Waals surface area contributed by atoms with Gasteiger partial charge in [-0.3, -0.25) is 0 Å². The van der Waals surface area contributed by atoms with Gasteiger partial charge in [0.05, 0.1) is 17.8 Å². The number of nitrogens with two attached hydrogens (primary N) is 1. The summed E-state index contributed by atoms with van der Waals surface area (Å²) in [4.78, 5) is 1.89. The Morgan fingerprint density at radius 2 is 2.09 bits per heavy atom. The molecule has 0 saturated heterocycles. The highest BCUT2D eigenvalue weighted by molar-refractivity contribution is 5.73. The molecule has 1 aliphatic heterocycles. The Morgan fingerprint density at radius 3 is 2.74 bits per heavy atom. The molecule has 0 spiro atoms. The third kappa shape index (κ3) is 2.88. The lowest BCUT2D eigenvalue weighted by molar-refractivity contribution is 0.0613. The second-order valence-corrected chi connectivity index (χ2v) is 6.56. The third-order valence-corrected chi connectivity index (χ3v) is 5.29. The van der Waals surface area contributed by atoms with E-state index in [1.54, 1.807) is 12.3 Å². The first-order valence-electron chi connectivity index (χ1n) is 8.47. The van der Waals surface area contributed by atoms with E-state index in [4.69, 9.17) is 5.73 Å². The minimum atomic E-state index is -0.379. The zero-order valence-corrected chi connectivity index (χ0v) is 13.4. The van der Waals surface area contributed by atoms with E-state index in [2.05, 4.69) is 6.58 Å². The SMILES string of the molecule is C=CN1/C(=C\N)c2c(F)cccc2C1CC(O)C1CCCCC1. The molecule has 3 nitrogen and oxygen atoms in total. The van der Waals surface area contributed by atoms with E-state index in [-0.39, 0.29) is 18.0 Å². The number of aliphatic hydroxyl groups is 1. The molecule has 2 aliphatic rings. The summed E-state index contributed by atoms with van der Waals surface area (Å²) in [5, 5.41) is 10.7. The standard InChI is InChI=1S/C19H25FN2O/c1-2-22-16(11-18(23)13-7-4-3-5-8-13)14-9-6-10-15(20)19(14)17(22)12-21/h2,6,9-10,12-13,16,18,23H,1,3-5,7-8,11,21H2/b17-12-. The lowest BCUT2D eigenvalue weighted by atomic mass is 9.82. The van der Waals surface area contributed by atoms with Gasteiger partial charge in [-0.25, -0.2) is 4.39 Å². The molecule has 0 radical (unpaired) electrons. The van der Waals surface area contributed by atoms with Gasteiger partial charge in [0, 0.05) is 11.8 Å². The molecule has 3 N–H and O–H groups in total. The fourth-order valence-electron chi connectivity index (χ4n) is 4.11. The molecule has 1 aromatic carbocycles. The molecule has 1 saturated carbocycles. The maximum Gasteiger partial charge on any atom is 0.132 e. The van der Waals surface area contributed by atoms with Crippen LogP contribution >= 0.6 is 0 Å². The first-order chi connectivity index (χ1) is 11.2. The lowest BCUT2D eigenvalue weighted by Crippen LogP contribution is -2.28. The summed E-state index contributed by atoms with van der Waals surface area (Å²) < 4.78 is 14.3. The summed E-state index contributed by atoms with van der Waals surface area (Å²) in [6, 6.07) is 4.98. The maximum atomic E-state index is 14.3. The Labute approximate surface area is 137 Å². The molecule has 2 atom stereocenters. The molecular weight excluding hydrogens is 291 g/mol. The molecule has 3 rings (SSSR count). The van der Waals surface area contributed by atoms with Gasteiger partial charge in [-0.2, -0.15) is 0 Å². The summed E-state index contributed by atoms with van der Waals surface area (Å²) in [5.41, 5.74) is 7.80. The van der Waals surface area contributed by atoms with Gasteiger partial charge in [-0.15, -0.1) is 0 Å². The van der Waals surface area contributed by atoms with Crippen LogP contribution < -0.4 is 5.73 Å². The smallest absolute Gasteiger partial charge is 0.132 e. The number of benzene rings is 1. The minimum absolute atomic E-state index is 0.107. The van der Waals surface area contributed by atoms with E-state index in [1.165, 1.54) is 31.5 Å². The molecule has 1 aromatic rings. The summed E-state index contributed by atoms with van der Waals surface area (Å²) in [5.74, 6) is 0.0686. The van der Waals surface area contributed by atoms with E-state index in [0.29, 0.717) is 23.6 Å². The van der Waals surface area contributed by atoms with Crippen molar-refractivity contribution in [2.45, 2.75) is 50.7 Å². The third-order valence-electron chi connectivity index (χ3n) is 5.29. The van der Waals surface area contributed by atoms with Crippen LogP contribution in [0.5, 0.6) is 0 Å². The van der Waals surface area contributed by atoms with Gasteiger partial charge >= 0.3 is 0 Å². The van der Waals surface area contributed by atoms with Crippen LogP contribution in [0.2, 0.25) is 0 Å². The zero-order chi connectivity index (χ0) is 16.4. The van der Waals surface area contributed by atoms with Crippen LogP contribution in [0, 0.1) is 11.7 Å². The van der Waals surface area contributed by atoms with Crippen LogP contribution in [-0.2, 0) is 0 Å². The van der Waals surface area contributed by atoms with E-state index < -0.39 is 0 Å². The van der Waals surface area contributed by atoms with Crippen molar-refractivity contribution in [1.29, 1.82) is 0 Å². The fourth-order valence-corrected chi connectivity index (χ4v) is 4.11. The van der Waals surface area contributed by atoms with Crippen LogP contribution in [0.4, 0.5) is 4.39 Å². The minimum Gasteiger partial charge on any atom is -0.403 e. The average Bonchev–Trinajstić information content (AvgIpc) is 2.89. The number of fused-ring (bicyclic) bond motifs is 1. The number of rotatable bonds is 4. The van der Waals surface area contributed by atoms with Gasteiger partial charge in [0.2, 0.25) is 0 Å². The van der Waals surface area contributed by atoms with Crippen molar-refractivity contribution in [2.24, 2.45) is 11.7 Å². The molecule has 4 heteroatoms. The molecule has 1 heterocycles. The van der Waals surface area contributed by atoms with Gasteiger partial charge in [0.25, 0.3) is 0 Å². The van der Waals surface area contributed by atoms with Gasteiger partial charge in [-0.05, 0) is 43.0 Å². The Morgan fingerprint density at radius 1 is 1.35 bits per heavy atom. The Bertz CT molecular complexity index is 607. The molecule has 124 valence electrons. The van der Waals surface area contributed by atoms with Gasteiger partial charge in [0.1, 0.15) is 5.82 Å². The monoisotopic (exact) mass is 316 g/mol. The van der Waals surface area contributed by atoms with Crippen molar-refractivity contribution in [1.82, 2.24) is 4.90 Å². The predicted octanol–water partition coefficient (Wildman–Crippen LogP) is 3.91. The van der Waals surface area contributed by atoms with Crippen molar-refractivity contribution in [3.8, 4) is 0 Å². The second kappa shape index (κ2) is 6.75. The number of hydrogen-bond donors (Lipinski definition) is 2. The van der Waals surface area contributed by atoms with Crippen LogP contribution in [0.15, 0.2) is 37.2 Å². The summed E-state index contributed by atoms with van der Waals surface area (Å²) in [7, 11) is 0. The summed E-state index contributed by atoms with van der Waals surface area (Å²) in [6.45, 7) is 3.85. The van der Waals surface area contributed by atoms with Crippen molar-refractivity contribution in [3.63, 3.8) is 0 Å². The van der Waals surface area contributed by atoms with Crippen molar-refractivity contribution in [2.75, 3.05) is 0 Å². The van der Waals surface area contributed by atoms with E-state index in [9.17, 15) is 9.50 Å². The van der Waals surface area contributed by atoms with E-state index in [1.807, 2.05) is 11.0 Å². The van der Waals surface area contributed by atoms with E-state index >= 15 is 0 Å². The van der Waals surface area contributed by atoms with Gasteiger partial charge < -0.3 is 15.7 Å². The number of nitrogens with zero attached hydrogens (tertiary/aromatic N) is 1. The number of aliphatic hydroxyl groups excluding tert-OH is 1. The highest BCUT2D eigenvalue weighted by Gasteiger charge is 2.37. The van der Waals surface area contributed by atoms with Gasteiger partial charge in [-0.1, -0.05) is 38.0 Å². The van der Waals surface area contributed by atoms with E-state index in [0.717, 1.165) is 18.4 Å². The summed E-state index contributed by atoms with van der Waals surface area (Å²) >= 11 is 0. The highest BCUT2D eigenvalue weighted by Crippen LogP contribution is 2.45. The van der Waals surface area contributed by atoms with Crippen LogP contribution in [0.25, 0.3) is 5.70 Å². The fraction of sp³-hybridized carbons (Fsp3) is 0.474. The van der Waals surface area contributed by atoms with Crippen LogP contribution in [-0.4, -0.2) is 16.1 Å². The second-order valence-electron chi connectivity index (χ2n) is 6.56. The maximum absolute atomic E-state index is 14.3. The van der Waals surface area contributed by atoms with Crippen molar-refractivity contribution in [3.05, 3.63) is 54.1 Å². The average molecular weight is 316 g/mol. The highest BCUT2D eigenvalue weighted by atomic mass is 19.1. The molecule has 2 unspecified atom stereocenters. The molecule has 0 bridgehead atoms. The molecule has 23 heavy (non-hydrogen) atoms.